The van der Waals surface area contributed by atoms with E-state index in [-0.39, 0.29) is 11.7 Å². The summed E-state index contributed by atoms with van der Waals surface area (Å²) in [5.41, 5.74) is 0.149. The van der Waals surface area contributed by atoms with Gasteiger partial charge in [-0.1, -0.05) is 11.6 Å². The van der Waals surface area contributed by atoms with Gasteiger partial charge in [-0.3, -0.25) is 0 Å². The van der Waals surface area contributed by atoms with E-state index in [0.29, 0.717) is 16.5 Å². The summed E-state index contributed by atoms with van der Waals surface area (Å²) in [6.07, 6.45) is -0.620. The lowest BCUT2D eigenvalue weighted by atomic mass is 10.1. The third-order valence-electron chi connectivity index (χ3n) is 3.64. The predicted octanol–water partition coefficient (Wildman–Crippen LogP) is 4.11. The van der Waals surface area contributed by atoms with Gasteiger partial charge in [-0.05, 0) is 37.3 Å². The highest BCUT2D eigenvalue weighted by atomic mass is 35.5. The summed E-state index contributed by atoms with van der Waals surface area (Å²) in [6.45, 7) is 3.15. The number of benzene rings is 2. The summed E-state index contributed by atoms with van der Waals surface area (Å²) in [5, 5.41) is 3.62. The van der Waals surface area contributed by atoms with Crippen LogP contribution in [0.3, 0.4) is 0 Å². The van der Waals surface area contributed by atoms with E-state index >= 15 is 0 Å². The van der Waals surface area contributed by atoms with Gasteiger partial charge < -0.3 is 14.8 Å². The van der Waals surface area contributed by atoms with Crippen LogP contribution in [0.5, 0.6) is 11.5 Å². The molecule has 1 unspecified atom stereocenters. The van der Waals surface area contributed by atoms with Crippen LogP contribution in [0.4, 0.5) is 8.78 Å². The smallest absolute Gasteiger partial charge is 0.163 e. The van der Waals surface area contributed by atoms with E-state index in [9.17, 15) is 8.78 Å². The Labute approximate surface area is 138 Å². The second-order valence-electron chi connectivity index (χ2n) is 5.42. The summed E-state index contributed by atoms with van der Waals surface area (Å²) in [4.78, 5) is 0. The number of rotatable bonds is 5. The first-order chi connectivity index (χ1) is 11.0. The molecule has 0 spiro atoms. The average Bonchev–Trinajstić information content (AvgIpc) is 2.47. The summed E-state index contributed by atoms with van der Waals surface area (Å²) >= 11 is 6.00. The molecule has 1 aliphatic rings. The Balaban J connectivity index is 1.82. The maximum absolute atomic E-state index is 13.9. The first-order valence-electron chi connectivity index (χ1n) is 7.31. The molecule has 1 fully saturated rings. The molecule has 6 heteroatoms. The fraction of sp³-hybridized carbons (Fsp3) is 0.294. The van der Waals surface area contributed by atoms with Crippen LogP contribution in [0.1, 0.15) is 18.6 Å². The highest BCUT2D eigenvalue weighted by Crippen LogP contribution is 2.35. The van der Waals surface area contributed by atoms with Crippen molar-refractivity contribution < 1.29 is 18.3 Å². The van der Waals surface area contributed by atoms with Gasteiger partial charge in [0.05, 0.1) is 0 Å². The van der Waals surface area contributed by atoms with Crippen molar-refractivity contribution in [3.8, 4) is 11.5 Å². The van der Waals surface area contributed by atoms with Crippen LogP contribution in [-0.2, 0) is 0 Å². The Bertz CT molecular complexity index is 707. The molecule has 1 heterocycles. The lowest BCUT2D eigenvalue weighted by molar-refractivity contribution is 0.129. The van der Waals surface area contributed by atoms with E-state index in [1.807, 2.05) is 0 Å². The monoisotopic (exact) mass is 339 g/mol. The van der Waals surface area contributed by atoms with Crippen molar-refractivity contribution >= 4 is 11.6 Å². The normalized spacial score (nSPS) is 15.8. The zero-order chi connectivity index (χ0) is 16.4. The Morgan fingerprint density at radius 2 is 1.91 bits per heavy atom. The fourth-order valence-corrected chi connectivity index (χ4v) is 2.44. The van der Waals surface area contributed by atoms with Gasteiger partial charge in [0.15, 0.2) is 11.5 Å². The van der Waals surface area contributed by atoms with Crippen molar-refractivity contribution in [3.63, 3.8) is 0 Å². The molecule has 2 aromatic rings. The molecular weight excluding hydrogens is 324 g/mol. The molecule has 1 saturated heterocycles. The molecule has 0 amide bonds. The average molecular weight is 340 g/mol. The molecule has 3 rings (SSSR count). The number of ether oxygens (including phenoxy) is 2. The molecule has 3 nitrogen and oxygen atoms in total. The quantitative estimate of drug-likeness (QED) is 0.889. The second-order valence-corrected chi connectivity index (χ2v) is 5.85. The number of hydrogen-bond acceptors (Lipinski definition) is 3. The van der Waals surface area contributed by atoms with Crippen molar-refractivity contribution in [1.29, 1.82) is 0 Å². The lowest BCUT2D eigenvalue weighted by Crippen LogP contribution is -2.50. The second kappa shape index (κ2) is 6.72. The molecule has 1 N–H and O–H groups in total. The molecular formula is C17H16ClF2NO2. The maximum atomic E-state index is 13.9. The van der Waals surface area contributed by atoms with Gasteiger partial charge in [0.25, 0.3) is 0 Å². The SMILES string of the molecule is CC(Oc1ccc(Cl)cc1OC1CNC1)c1cc(F)ccc1F. The summed E-state index contributed by atoms with van der Waals surface area (Å²) in [7, 11) is 0. The van der Waals surface area contributed by atoms with E-state index < -0.39 is 17.7 Å². The minimum absolute atomic E-state index is 0.0528. The molecule has 23 heavy (non-hydrogen) atoms. The van der Waals surface area contributed by atoms with Gasteiger partial charge in [0, 0.05) is 29.7 Å². The van der Waals surface area contributed by atoms with Crippen molar-refractivity contribution in [2.75, 3.05) is 13.1 Å². The third kappa shape index (κ3) is 3.74. The topological polar surface area (TPSA) is 30.5 Å². The molecule has 1 atom stereocenters. The van der Waals surface area contributed by atoms with Crippen molar-refractivity contribution in [2.24, 2.45) is 0 Å². The molecule has 122 valence electrons. The van der Waals surface area contributed by atoms with Crippen molar-refractivity contribution in [3.05, 3.63) is 58.6 Å². The largest absolute Gasteiger partial charge is 0.484 e. The van der Waals surface area contributed by atoms with Gasteiger partial charge in [-0.2, -0.15) is 0 Å². The predicted molar refractivity (Wildman–Crippen MR) is 84.1 cm³/mol. The molecule has 2 aromatic carbocycles. The van der Waals surface area contributed by atoms with Crippen LogP contribution in [0.25, 0.3) is 0 Å². The minimum Gasteiger partial charge on any atom is -0.484 e. The van der Waals surface area contributed by atoms with Crippen LogP contribution in [0, 0.1) is 11.6 Å². The van der Waals surface area contributed by atoms with E-state index in [1.165, 1.54) is 0 Å². The van der Waals surface area contributed by atoms with Crippen LogP contribution in [-0.4, -0.2) is 19.2 Å². The number of hydrogen-bond donors (Lipinski definition) is 1. The first-order valence-corrected chi connectivity index (χ1v) is 7.69. The zero-order valence-corrected chi connectivity index (χ0v) is 13.2. The molecule has 0 aromatic heterocycles. The minimum atomic E-state index is -0.672. The van der Waals surface area contributed by atoms with E-state index in [2.05, 4.69) is 5.32 Å². The highest BCUT2D eigenvalue weighted by Gasteiger charge is 2.22. The van der Waals surface area contributed by atoms with Crippen LogP contribution in [0.15, 0.2) is 36.4 Å². The van der Waals surface area contributed by atoms with Gasteiger partial charge in [0.1, 0.15) is 23.8 Å². The van der Waals surface area contributed by atoms with Gasteiger partial charge >= 0.3 is 0 Å². The third-order valence-corrected chi connectivity index (χ3v) is 3.88. The van der Waals surface area contributed by atoms with Crippen LogP contribution >= 0.6 is 11.6 Å². The van der Waals surface area contributed by atoms with E-state index in [1.54, 1.807) is 25.1 Å². The zero-order valence-electron chi connectivity index (χ0n) is 12.5. The molecule has 0 aliphatic carbocycles. The van der Waals surface area contributed by atoms with Gasteiger partial charge in [0.2, 0.25) is 0 Å². The number of nitrogens with one attached hydrogen (secondary N) is 1. The first kappa shape index (κ1) is 16.0. The van der Waals surface area contributed by atoms with Gasteiger partial charge in [-0.25, -0.2) is 8.78 Å². The van der Waals surface area contributed by atoms with Crippen molar-refractivity contribution in [2.45, 2.75) is 19.1 Å². The Hall–Kier alpha value is -1.85. The van der Waals surface area contributed by atoms with Crippen LogP contribution in [0.2, 0.25) is 5.02 Å². The lowest BCUT2D eigenvalue weighted by Gasteiger charge is -2.29. The molecule has 1 aliphatic heterocycles. The summed E-state index contributed by atoms with van der Waals surface area (Å²) < 4.78 is 38.8. The Kier molecular flexibility index (Phi) is 4.68. The van der Waals surface area contributed by atoms with E-state index in [0.717, 1.165) is 31.3 Å². The van der Waals surface area contributed by atoms with E-state index in [4.69, 9.17) is 21.1 Å². The molecule has 0 radical (unpaired) electrons. The van der Waals surface area contributed by atoms with Gasteiger partial charge in [-0.15, -0.1) is 0 Å². The number of halogens is 3. The van der Waals surface area contributed by atoms with Crippen LogP contribution < -0.4 is 14.8 Å². The van der Waals surface area contributed by atoms with Crippen molar-refractivity contribution in [1.82, 2.24) is 5.32 Å². The molecule has 0 bridgehead atoms. The maximum Gasteiger partial charge on any atom is 0.163 e. The Morgan fingerprint density at radius 1 is 1.13 bits per heavy atom. The summed E-state index contributed by atoms with van der Waals surface area (Å²) in [5.74, 6) is -0.0892. The molecule has 0 saturated carbocycles. The highest BCUT2D eigenvalue weighted by molar-refractivity contribution is 6.30. The Morgan fingerprint density at radius 3 is 2.61 bits per heavy atom. The summed E-state index contributed by atoms with van der Waals surface area (Å²) in [6, 6.07) is 8.28. The fourth-order valence-electron chi connectivity index (χ4n) is 2.28. The standard InChI is InChI=1S/C17H16ClF2NO2/c1-10(14-7-12(19)3-4-15(14)20)22-16-5-2-11(18)6-17(16)23-13-8-21-9-13/h2-7,10,13,21H,8-9H2,1H3.